The molecule has 0 amide bonds. The number of aryl methyl sites for hydroxylation is 1. The molecule has 2 heterocycles. The number of hydrogen-bond acceptors (Lipinski definition) is 3. The first-order valence-corrected chi connectivity index (χ1v) is 6.67. The Bertz CT molecular complexity index is 318. The van der Waals surface area contributed by atoms with Crippen LogP contribution in [0.2, 0.25) is 0 Å². The van der Waals surface area contributed by atoms with Gasteiger partial charge in [0.15, 0.2) is 0 Å². The average Bonchev–Trinajstić information content (AvgIpc) is 2.79. The van der Waals surface area contributed by atoms with Gasteiger partial charge in [0.05, 0.1) is 31.4 Å². The van der Waals surface area contributed by atoms with E-state index in [2.05, 4.69) is 21.8 Å². The zero-order chi connectivity index (χ0) is 11.9. The van der Waals surface area contributed by atoms with Gasteiger partial charge >= 0.3 is 0 Å². The van der Waals surface area contributed by atoms with Gasteiger partial charge in [-0.05, 0) is 38.3 Å². The first-order valence-electron chi connectivity index (χ1n) is 6.67. The van der Waals surface area contributed by atoms with Crippen molar-refractivity contribution < 1.29 is 4.74 Å². The minimum absolute atomic E-state index is 0.698. The third-order valence-corrected chi connectivity index (χ3v) is 3.33. The molecule has 17 heavy (non-hydrogen) atoms. The van der Waals surface area contributed by atoms with Gasteiger partial charge in [-0.15, -0.1) is 0 Å². The fourth-order valence-corrected chi connectivity index (χ4v) is 2.29. The summed E-state index contributed by atoms with van der Waals surface area (Å²) in [5.41, 5.74) is 1.20. The highest BCUT2D eigenvalue weighted by Crippen LogP contribution is 2.13. The zero-order valence-corrected chi connectivity index (χ0v) is 10.7. The quantitative estimate of drug-likeness (QED) is 0.820. The van der Waals surface area contributed by atoms with Crippen LogP contribution in [0, 0.1) is 5.92 Å². The van der Waals surface area contributed by atoms with E-state index in [1.54, 1.807) is 0 Å². The van der Waals surface area contributed by atoms with Gasteiger partial charge in [0.1, 0.15) is 0 Å². The van der Waals surface area contributed by atoms with E-state index in [1.807, 2.05) is 12.5 Å². The van der Waals surface area contributed by atoms with Gasteiger partial charge in [-0.1, -0.05) is 6.92 Å². The normalized spacial score (nSPS) is 17.5. The fraction of sp³-hybridized carbons (Fsp3) is 0.769. The monoisotopic (exact) mass is 237 g/mol. The molecule has 1 saturated heterocycles. The fourth-order valence-electron chi connectivity index (χ4n) is 2.29. The van der Waals surface area contributed by atoms with Crippen molar-refractivity contribution in [1.82, 2.24) is 14.9 Å². The molecule has 0 aromatic carbocycles. The van der Waals surface area contributed by atoms with Crippen molar-refractivity contribution in [2.45, 2.75) is 39.3 Å². The Kier molecular flexibility index (Phi) is 5.01. The van der Waals surface area contributed by atoms with Crippen molar-refractivity contribution in [2.75, 3.05) is 19.7 Å². The van der Waals surface area contributed by atoms with Crippen molar-refractivity contribution in [2.24, 2.45) is 5.92 Å². The Hall–Kier alpha value is -0.870. The van der Waals surface area contributed by atoms with Crippen molar-refractivity contribution in [1.29, 1.82) is 0 Å². The highest BCUT2D eigenvalue weighted by atomic mass is 16.5. The summed E-state index contributed by atoms with van der Waals surface area (Å²) < 4.78 is 8.00. The summed E-state index contributed by atoms with van der Waals surface area (Å²) >= 11 is 0. The summed E-state index contributed by atoms with van der Waals surface area (Å²) in [5, 5.41) is 3.37. The average molecular weight is 237 g/mol. The maximum atomic E-state index is 5.82. The second kappa shape index (κ2) is 6.77. The SMILES string of the molecule is CCCn1cncc1COCC1CCNCC1. The van der Waals surface area contributed by atoms with E-state index in [1.165, 1.54) is 18.5 Å². The third kappa shape index (κ3) is 3.82. The van der Waals surface area contributed by atoms with Crippen LogP contribution in [0.1, 0.15) is 31.9 Å². The molecule has 0 unspecified atom stereocenters. The number of nitrogens with one attached hydrogen (secondary N) is 1. The molecule has 1 aromatic rings. The highest BCUT2D eigenvalue weighted by Gasteiger charge is 2.13. The maximum absolute atomic E-state index is 5.82. The van der Waals surface area contributed by atoms with Crippen LogP contribution in [0.25, 0.3) is 0 Å². The van der Waals surface area contributed by atoms with Crippen molar-refractivity contribution in [3.63, 3.8) is 0 Å². The van der Waals surface area contributed by atoms with Crippen LogP contribution in [0.4, 0.5) is 0 Å². The lowest BCUT2D eigenvalue weighted by Crippen LogP contribution is -2.29. The molecule has 1 fully saturated rings. The Labute approximate surface area is 103 Å². The Morgan fingerprint density at radius 3 is 3.06 bits per heavy atom. The van der Waals surface area contributed by atoms with Gasteiger partial charge in [-0.25, -0.2) is 4.98 Å². The molecule has 1 aromatic heterocycles. The lowest BCUT2D eigenvalue weighted by molar-refractivity contribution is 0.0726. The number of aromatic nitrogens is 2. The Morgan fingerprint density at radius 1 is 1.47 bits per heavy atom. The van der Waals surface area contributed by atoms with Crippen LogP contribution in [0.5, 0.6) is 0 Å². The van der Waals surface area contributed by atoms with Gasteiger partial charge in [-0.3, -0.25) is 0 Å². The summed E-state index contributed by atoms with van der Waals surface area (Å²) in [7, 11) is 0. The largest absolute Gasteiger partial charge is 0.375 e. The molecule has 1 aliphatic heterocycles. The molecule has 2 rings (SSSR count). The van der Waals surface area contributed by atoms with Gasteiger partial charge in [0, 0.05) is 6.54 Å². The maximum Gasteiger partial charge on any atom is 0.0948 e. The third-order valence-electron chi connectivity index (χ3n) is 3.33. The highest BCUT2D eigenvalue weighted by molar-refractivity contribution is 4.96. The van der Waals surface area contributed by atoms with Crippen LogP contribution in [0.3, 0.4) is 0 Å². The molecule has 0 saturated carbocycles. The number of ether oxygens (including phenoxy) is 1. The second-order valence-electron chi connectivity index (χ2n) is 4.79. The topological polar surface area (TPSA) is 39.1 Å². The van der Waals surface area contributed by atoms with Crippen LogP contribution in [-0.4, -0.2) is 29.2 Å². The number of piperidine rings is 1. The number of rotatable bonds is 6. The van der Waals surface area contributed by atoms with Gasteiger partial charge < -0.3 is 14.6 Å². The molecule has 4 nitrogen and oxygen atoms in total. The van der Waals surface area contributed by atoms with Crippen molar-refractivity contribution >= 4 is 0 Å². The first-order chi connectivity index (χ1) is 8.40. The molecule has 0 bridgehead atoms. The molecule has 0 aliphatic carbocycles. The van der Waals surface area contributed by atoms with E-state index in [-0.39, 0.29) is 0 Å². The predicted molar refractivity (Wildman–Crippen MR) is 67.8 cm³/mol. The molecule has 1 aliphatic rings. The van der Waals surface area contributed by atoms with Crippen molar-refractivity contribution in [3.8, 4) is 0 Å². The molecule has 0 atom stereocenters. The second-order valence-corrected chi connectivity index (χ2v) is 4.79. The summed E-state index contributed by atoms with van der Waals surface area (Å²) in [6.45, 7) is 7.08. The van der Waals surface area contributed by atoms with E-state index < -0.39 is 0 Å². The minimum atomic E-state index is 0.698. The standard InChI is InChI=1S/C13H23N3O/c1-2-7-16-11-15-8-13(16)10-17-9-12-3-5-14-6-4-12/h8,11-12,14H,2-7,9-10H2,1H3. The minimum Gasteiger partial charge on any atom is -0.375 e. The van der Waals surface area contributed by atoms with Crippen LogP contribution in [-0.2, 0) is 17.9 Å². The zero-order valence-electron chi connectivity index (χ0n) is 10.7. The van der Waals surface area contributed by atoms with E-state index in [0.29, 0.717) is 6.61 Å². The van der Waals surface area contributed by atoms with Gasteiger partial charge in [0.25, 0.3) is 0 Å². The molecule has 96 valence electrons. The first kappa shape index (κ1) is 12.6. The molecule has 0 spiro atoms. The van der Waals surface area contributed by atoms with Crippen molar-refractivity contribution in [3.05, 3.63) is 18.2 Å². The summed E-state index contributed by atoms with van der Waals surface area (Å²) in [6.07, 6.45) is 7.44. The number of imidazole rings is 1. The van der Waals surface area contributed by atoms with Crippen LogP contribution in [0.15, 0.2) is 12.5 Å². The van der Waals surface area contributed by atoms with E-state index in [4.69, 9.17) is 4.74 Å². The smallest absolute Gasteiger partial charge is 0.0948 e. The van der Waals surface area contributed by atoms with Gasteiger partial charge in [0.2, 0.25) is 0 Å². The van der Waals surface area contributed by atoms with E-state index >= 15 is 0 Å². The molecular weight excluding hydrogens is 214 g/mol. The lowest BCUT2D eigenvalue weighted by atomic mass is 9.99. The Morgan fingerprint density at radius 2 is 2.29 bits per heavy atom. The number of hydrogen-bond donors (Lipinski definition) is 1. The van der Waals surface area contributed by atoms with Gasteiger partial charge in [-0.2, -0.15) is 0 Å². The van der Waals surface area contributed by atoms with E-state index in [9.17, 15) is 0 Å². The van der Waals surface area contributed by atoms with Crippen LogP contribution < -0.4 is 5.32 Å². The lowest BCUT2D eigenvalue weighted by Gasteiger charge is -2.22. The summed E-state index contributed by atoms with van der Waals surface area (Å²) in [5.74, 6) is 0.735. The predicted octanol–water partition coefficient (Wildman–Crippen LogP) is 1.81. The molecular formula is C13H23N3O. The molecule has 4 heteroatoms. The Balaban J connectivity index is 1.71. The van der Waals surface area contributed by atoms with E-state index in [0.717, 1.165) is 38.6 Å². The van der Waals surface area contributed by atoms with Crippen LogP contribution >= 0.6 is 0 Å². The number of nitrogens with zero attached hydrogens (tertiary/aromatic N) is 2. The summed E-state index contributed by atoms with van der Waals surface area (Å²) in [6, 6.07) is 0. The molecule has 1 N–H and O–H groups in total. The molecule has 0 radical (unpaired) electrons. The summed E-state index contributed by atoms with van der Waals surface area (Å²) in [4.78, 5) is 4.18.